The second-order valence-corrected chi connectivity index (χ2v) is 6.53. The highest BCUT2D eigenvalue weighted by atomic mass is 16.2. The van der Waals surface area contributed by atoms with Crippen molar-refractivity contribution in [3.8, 4) is 0 Å². The van der Waals surface area contributed by atoms with Gasteiger partial charge in [0.2, 0.25) is 11.8 Å². The predicted octanol–water partition coefficient (Wildman–Crippen LogP) is 1.43. The average molecular weight is 250 g/mol. The van der Waals surface area contributed by atoms with Gasteiger partial charge in [0.1, 0.15) is 0 Å². The Bertz CT molecular complexity index is 397. The van der Waals surface area contributed by atoms with Crippen molar-refractivity contribution in [1.29, 1.82) is 0 Å². The van der Waals surface area contributed by atoms with Gasteiger partial charge in [-0.15, -0.1) is 0 Å². The average Bonchev–Trinajstić information content (AvgIpc) is 3.05. The highest BCUT2D eigenvalue weighted by Gasteiger charge is 2.59. The minimum absolute atomic E-state index is 0.0155. The van der Waals surface area contributed by atoms with Gasteiger partial charge in [-0.1, -0.05) is 12.8 Å². The summed E-state index contributed by atoms with van der Waals surface area (Å²) in [6.45, 7) is 2.39. The van der Waals surface area contributed by atoms with Crippen molar-refractivity contribution >= 4 is 11.8 Å². The summed E-state index contributed by atoms with van der Waals surface area (Å²) in [7, 11) is 0. The molecule has 0 bridgehead atoms. The zero-order chi connectivity index (χ0) is 13.0. The number of carbonyl (C=O) groups is 2. The van der Waals surface area contributed by atoms with Crippen molar-refractivity contribution in [2.75, 3.05) is 6.54 Å². The van der Waals surface area contributed by atoms with Crippen LogP contribution in [0.15, 0.2) is 0 Å². The van der Waals surface area contributed by atoms with Gasteiger partial charge in [0.25, 0.3) is 0 Å². The molecule has 3 fully saturated rings. The Labute approximate surface area is 108 Å². The van der Waals surface area contributed by atoms with E-state index in [1.165, 1.54) is 0 Å². The zero-order valence-electron chi connectivity index (χ0n) is 11.1. The van der Waals surface area contributed by atoms with Gasteiger partial charge in [-0.2, -0.15) is 0 Å². The van der Waals surface area contributed by atoms with E-state index in [9.17, 15) is 9.59 Å². The lowest BCUT2D eigenvalue weighted by Gasteiger charge is -2.38. The van der Waals surface area contributed by atoms with E-state index in [1.807, 2.05) is 6.92 Å². The lowest BCUT2D eigenvalue weighted by Crippen LogP contribution is -2.56. The third kappa shape index (κ3) is 1.48. The highest BCUT2D eigenvalue weighted by Crippen LogP contribution is 2.52. The van der Waals surface area contributed by atoms with Gasteiger partial charge in [-0.3, -0.25) is 14.5 Å². The van der Waals surface area contributed by atoms with E-state index < -0.39 is 5.54 Å². The maximum atomic E-state index is 12.7. The Morgan fingerprint density at radius 3 is 2.44 bits per heavy atom. The molecule has 4 heteroatoms. The highest BCUT2D eigenvalue weighted by molar-refractivity contribution is 6.06. The fraction of sp³-hybridized carbons (Fsp3) is 0.857. The van der Waals surface area contributed by atoms with Crippen LogP contribution in [0.2, 0.25) is 0 Å². The Balaban J connectivity index is 1.92. The van der Waals surface area contributed by atoms with E-state index in [-0.39, 0.29) is 17.2 Å². The number of amides is 2. The summed E-state index contributed by atoms with van der Waals surface area (Å²) in [5.74, 6) is 0.513. The lowest BCUT2D eigenvalue weighted by molar-refractivity contribution is -0.148. The van der Waals surface area contributed by atoms with Crippen molar-refractivity contribution < 1.29 is 9.59 Å². The molecule has 2 N–H and O–H groups in total. The van der Waals surface area contributed by atoms with Crippen LogP contribution in [0, 0.1) is 11.3 Å². The van der Waals surface area contributed by atoms with Gasteiger partial charge in [-0.05, 0) is 38.5 Å². The number of carbonyl (C=O) groups excluding carboxylic acids is 2. The minimum atomic E-state index is -0.430. The number of nitrogens with two attached hydrogens (primary N) is 1. The molecule has 4 nitrogen and oxygen atoms in total. The SMILES string of the molecule is CC(CN)(C1CC1)N1C(=O)CC2(CCCC2)C1=O. The minimum Gasteiger partial charge on any atom is -0.328 e. The standard InChI is InChI=1S/C14H22N2O2/c1-13(9-15,10-4-5-10)16-11(17)8-14(12(16)18)6-2-3-7-14/h10H,2-9,15H2,1H3. The maximum Gasteiger partial charge on any atom is 0.236 e. The van der Waals surface area contributed by atoms with E-state index in [4.69, 9.17) is 5.73 Å². The van der Waals surface area contributed by atoms with Crippen molar-refractivity contribution in [2.45, 2.75) is 57.4 Å². The lowest BCUT2D eigenvalue weighted by atomic mass is 9.84. The van der Waals surface area contributed by atoms with Gasteiger partial charge in [0.15, 0.2) is 0 Å². The number of hydrogen-bond acceptors (Lipinski definition) is 3. The molecule has 1 saturated heterocycles. The monoisotopic (exact) mass is 250 g/mol. The van der Waals surface area contributed by atoms with Crippen LogP contribution in [-0.4, -0.2) is 28.8 Å². The van der Waals surface area contributed by atoms with Gasteiger partial charge in [-0.25, -0.2) is 0 Å². The summed E-state index contributed by atoms with van der Waals surface area (Å²) < 4.78 is 0. The molecule has 2 aliphatic carbocycles. The van der Waals surface area contributed by atoms with Crippen molar-refractivity contribution in [3.63, 3.8) is 0 Å². The summed E-state index contributed by atoms with van der Waals surface area (Å²) in [6.07, 6.45) is 6.55. The van der Waals surface area contributed by atoms with E-state index >= 15 is 0 Å². The molecule has 3 aliphatic rings. The summed E-state index contributed by atoms with van der Waals surface area (Å²) in [6, 6.07) is 0. The van der Waals surface area contributed by atoms with Crippen LogP contribution in [0.25, 0.3) is 0 Å². The normalized spacial score (nSPS) is 30.2. The number of rotatable bonds is 3. The fourth-order valence-corrected chi connectivity index (χ4v) is 3.90. The van der Waals surface area contributed by atoms with Crippen molar-refractivity contribution in [1.82, 2.24) is 4.90 Å². The van der Waals surface area contributed by atoms with Crippen molar-refractivity contribution in [3.05, 3.63) is 0 Å². The first-order valence-corrected chi connectivity index (χ1v) is 7.11. The molecular weight excluding hydrogens is 228 g/mol. The van der Waals surface area contributed by atoms with Gasteiger partial charge in [0.05, 0.1) is 11.0 Å². The smallest absolute Gasteiger partial charge is 0.236 e. The summed E-state index contributed by atoms with van der Waals surface area (Å²) >= 11 is 0. The molecule has 100 valence electrons. The number of nitrogens with zero attached hydrogens (tertiary/aromatic N) is 1. The second kappa shape index (κ2) is 3.80. The Morgan fingerprint density at radius 1 is 1.33 bits per heavy atom. The molecular formula is C14H22N2O2. The zero-order valence-corrected chi connectivity index (χ0v) is 11.1. The number of likely N-dealkylation sites (tertiary alicyclic amines) is 1. The number of imide groups is 1. The fourth-order valence-electron chi connectivity index (χ4n) is 3.90. The van der Waals surface area contributed by atoms with Crippen LogP contribution < -0.4 is 5.73 Å². The molecule has 0 aromatic heterocycles. The van der Waals surface area contributed by atoms with Crippen LogP contribution in [0.1, 0.15) is 51.9 Å². The first kappa shape index (κ1) is 12.2. The first-order valence-electron chi connectivity index (χ1n) is 7.11. The molecule has 2 amide bonds. The molecule has 1 heterocycles. The van der Waals surface area contributed by atoms with Crippen LogP contribution in [0.4, 0.5) is 0 Å². The summed E-state index contributed by atoms with van der Waals surface area (Å²) in [4.78, 5) is 26.6. The quantitative estimate of drug-likeness (QED) is 0.771. The molecule has 1 spiro atoms. The molecule has 1 atom stereocenters. The Morgan fingerprint density at radius 2 is 1.94 bits per heavy atom. The second-order valence-electron chi connectivity index (χ2n) is 6.53. The molecule has 3 rings (SSSR count). The summed E-state index contributed by atoms with van der Waals surface area (Å²) in [5.41, 5.74) is 5.10. The molecule has 0 aromatic rings. The van der Waals surface area contributed by atoms with E-state index in [0.717, 1.165) is 38.5 Å². The van der Waals surface area contributed by atoms with E-state index in [0.29, 0.717) is 18.9 Å². The Kier molecular flexibility index (Phi) is 2.56. The molecule has 1 aliphatic heterocycles. The molecule has 18 heavy (non-hydrogen) atoms. The van der Waals surface area contributed by atoms with E-state index in [1.54, 1.807) is 4.90 Å². The number of hydrogen-bond donors (Lipinski definition) is 1. The molecule has 1 unspecified atom stereocenters. The van der Waals surface area contributed by atoms with Gasteiger partial charge >= 0.3 is 0 Å². The van der Waals surface area contributed by atoms with Crippen molar-refractivity contribution in [2.24, 2.45) is 17.1 Å². The largest absolute Gasteiger partial charge is 0.328 e. The van der Waals surface area contributed by atoms with Gasteiger partial charge in [0, 0.05) is 13.0 Å². The maximum absolute atomic E-state index is 12.7. The molecule has 0 aromatic carbocycles. The molecule has 2 saturated carbocycles. The van der Waals surface area contributed by atoms with E-state index in [2.05, 4.69) is 0 Å². The Hall–Kier alpha value is -0.900. The van der Waals surface area contributed by atoms with Gasteiger partial charge < -0.3 is 5.73 Å². The first-order chi connectivity index (χ1) is 8.53. The third-order valence-electron chi connectivity index (χ3n) is 5.34. The third-order valence-corrected chi connectivity index (χ3v) is 5.34. The summed E-state index contributed by atoms with van der Waals surface area (Å²) in [5, 5.41) is 0. The van der Waals surface area contributed by atoms with Crippen LogP contribution in [-0.2, 0) is 9.59 Å². The topological polar surface area (TPSA) is 63.4 Å². The van der Waals surface area contributed by atoms with Crippen LogP contribution in [0.5, 0.6) is 0 Å². The predicted molar refractivity (Wildman–Crippen MR) is 67.6 cm³/mol. The molecule has 0 radical (unpaired) electrons. The van der Waals surface area contributed by atoms with Crippen LogP contribution >= 0.6 is 0 Å². The van der Waals surface area contributed by atoms with Crippen LogP contribution in [0.3, 0.4) is 0 Å².